The van der Waals surface area contributed by atoms with Crippen LogP contribution < -0.4 is 5.32 Å². The van der Waals surface area contributed by atoms with E-state index in [0.717, 1.165) is 33.6 Å². The quantitative estimate of drug-likeness (QED) is 0.282. The summed E-state index contributed by atoms with van der Waals surface area (Å²) in [6, 6.07) is 30.2. The van der Waals surface area contributed by atoms with Crippen LogP contribution in [0.25, 0.3) is 22.4 Å². The van der Waals surface area contributed by atoms with Crippen molar-refractivity contribution in [3.63, 3.8) is 0 Å². The average Bonchev–Trinajstić information content (AvgIpc) is 2.88. The Bertz CT molecular complexity index is 1420. The van der Waals surface area contributed by atoms with Crippen molar-refractivity contribution in [2.24, 2.45) is 0 Å². The van der Waals surface area contributed by atoms with E-state index in [1.54, 1.807) is 0 Å². The van der Waals surface area contributed by atoms with Gasteiger partial charge in [-0.2, -0.15) is 5.26 Å². The number of aryl methyl sites for hydroxylation is 1. The summed E-state index contributed by atoms with van der Waals surface area (Å²) in [4.78, 5) is 17.6. The van der Waals surface area contributed by atoms with Crippen LogP contribution in [-0.2, 0) is 10.2 Å². The zero-order chi connectivity index (χ0) is 25.7. The van der Waals surface area contributed by atoms with Crippen LogP contribution in [0.4, 0.5) is 5.69 Å². The van der Waals surface area contributed by atoms with Crippen molar-refractivity contribution in [3.8, 4) is 28.5 Å². The summed E-state index contributed by atoms with van der Waals surface area (Å²) in [6.45, 7) is 8.50. The molecule has 4 rings (SSSR count). The number of nitrogens with zero attached hydrogens (tertiary/aromatic N) is 2. The van der Waals surface area contributed by atoms with Crippen LogP contribution in [0.15, 0.2) is 90.0 Å². The molecule has 180 valence electrons. The molecule has 4 aromatic rings. The van der Waals surface area contributed by atoms with E-state index in [1.807, 2.05) is 67.6 Å². The standard InChI is InChI=1S/C31H29N3OS/c1-21-10-8-9-13-27(21)33-29(35)20-36-30-26(19-32)25(18-28(34-30)23-11-6-5-7-12-23)22-14-16-24(17-15-22)31(2,3)4/h5-18H,20H2,1-4H3,(H,33,35). The number of thioether (sulfide) groups is 1. The molecule has 0 saturated carbocycles. The van der Waals surface area contributed by atoms with Crippen LogP contribution in [0.2, 0.25) is 0 Å². The van der Waals surface area contributed by atoms with Crippen LogP contribution in [0.3, 0.4) is 0 Å². The zero-order valence-electron chi connectivity index (χ0n) is 21.0. The summed E-state index contributed by atoms with van der Waals surface area (Å²) in [6.07, 6.45) is 0. The highest BCUT2D eigenvalue weighted by atomic mass is 32.2. The van der Waals surface area contributed by atoms with Crippen LogP contribution in [0, 0.1) is 18.3 Å². The fourth-order valence-electron chi connectivity index (χ4n) is 3.90. The average molecular weight is 492 g/mol. The lowest BCUT2D eigenvalue weighted by Gasteiger charge is -2.19. The van der Waals surface area contributed by atoms with Gasteiger partial charge in [0, 0.05) is 16.8 Å². The van der Waals surface area contributed by atoms with Crippen molar-refractivity contribution in [2.45, 2.75) is 38.1 Å². The van der Waals surface area contributed by atoms with Gasteiger partial charge in [-0.15, -0.1) is 0 Å². The van der Waals surface area contributed by atoms with Crippen molar-refractivity contribution < 1.29 is 4.79 Å². The lowest BCUT2D eigenvalue weighted by molar-refractivity contribution is -0.113. The first-order valence-electron chi connectivity index (χ1n) is 11.9. The summed E-state index contributed by atoms with van der Waals surface area (Å²) in [5.74, 6) is 0.0117. The van der Waals surface area contributed by atoms with Gasteiger partial charge in [-0.25, -0.2) is 4.98 Å². The molecule has 0 fully saturated rings. The van der Waals surface area contributed by atoms with E-state index in [-0.39, 0.29) is 17.1 Å². The minimum Gasteiger partial charge on any atom is -0.325 e. The molecular formula is C31H29N3OS. The van der Waals surface area contributed by atoms with Crippen LogP contribution in [0.1, 0.15) is 37.5 Å². The monoisotopic (exact) mass is 491 g/mol. The maximum absolute atomic E-state index is 12.7. The number of hydrogen-bond acceptors (Lipinski definition) is 4. The first-order chi connectivity index (χ1) is 17.3. The van der Waals surface area contributed by atoms with Gasteiger partial charge in [0.1, 0.15) is 11.1 Å². The van der Waals surface area contributed by atoms with E-state index in [1.165, 1.54) is 17.3 Å². The maximum atomic E-state index is 12.7. The number of amides is 1. The lowest BCUT2D eigenvalue weighted by Crippen LogP contribution is -2.15. The Labute approximate surface area is 217 Å². The normalized spacial score (nSPS) is 11.1. The Morgan fingerprint density at radius 1 is 0.944 bits per heavy atom. The second-order valence-electron chi connectivity index (χ2n) is 9.69. The van der Waals surface area contributed by atoms with Gasteiger partial charge in [0.05, 0.1) is 17.0 Å². The number of pyridine rings is 1. The minimum atomic E-state index is -0.138. The van der Waals surface area contributed by atoms with Gasteiger partial charge in [-0.05, 0) is 41.2 Å². The fraction of sp³-hybridized carbons (Fsp3) is 0.194. The highest BCUT2D eigenvalue weighted by Gasteiger charge is 2.19. The molecule has 0 aliphatic rings. The summed E-state index contributed by atoms with van der Waals surface area (Å²) in [5.41, 5.74) is 7.02. The molecule has 0 saturated heterocycles. The maximum Gasteiger partial charge on any atom is 0.234 e. The van der Waals surface area contributed by atoms with Crippen molar-refractivity contribution in [1.29, 1.82) is 5.26 Å². The predicted molar refractivity (Wildman–Crippen MR) is 149 cm³/mol. The van der Waals surface area contributed by atoms with Gasteiger partial charge in [0.15, 0.2) is 0 Å². The Balaban J connectivity index is 1.71. The number of carbonyl (C=O) groups excluding carboxylic acids is 1. The molecule has 1 heterocycles. The summed E-state index contributed by atoms with van der Waals surface area (Å²) in [7, 11) is 0. The number of rotatable bonds is 6. The molecule has 1 N–H and O–H groups in total. The van der Waals surface area contributed by atoms with Crippen LogP contribution in [-0.4, -0.2) is 16.6 Å². The number of nitriles is 1. The number of anilines is 1. The molecule has 0 bridgehead atoms. The van der Waals surface area contributed by atoms with Crippen LogP contribution in [0.5, 0.6) is 0 Å². The third-order valence-electron chi connectivity index (χ3n) is 5.99. The molecule has 3 aromatic carbocycles. The second kappa shape index (κ2) is 10.8. The molecule has 0 unspecified atom stereocenters. The van der Waals surface area contributed by atoms with Gasteiger partial charge in [-0.1, -0.05) is 105 Å². The largest absolute Gasteiger partial charge is 0.325 e. The number of benzene rings is 3. The highest BCUT2D eigenvalue weighted by Crippen LogP contribution is 2.35. The van der Waals surface area contributed by atoms with E-state index >= 15 is 0 Å². The van der Waals surface area contributed by atoms with E-state index in [9.17, 15) is 10.1 Å². The van der Waals surface area contributed by atoms with E-state index < -0.39 is 0 Å². The topological polar surface area (TPSA) is 65.8 Å². The molecule has 36 heavy (non-hydrogen) atoms. The van der Waals surface area contributed by atoms with E-state index in [0.29, 0.717) is 10.6 Å². The molecular weight excluding hydrogens is 462 g/mol. The summed E-state index contributed by atoms with van der Waals surface area (Å²) >= 11 is 1.28. The molecule has 1 aromatic heterocycles. The SMILES string of the molecule is Cc1ccccc1NC(=O)CSc1nc(-c2ccccc2)cc(-c2ccc(C(C)(C)C)cc2)c1C#N. The number of hydrogen-bond donors (Lipinski definition) is 1. The van der Waals surface area contributed by atoms with Crippen LogP contribution >= 0.6 is 11.8 Å². The molecule has 5 heteroatoms. The van der Waals surface area contributed by atoms with Crippen molar-refractivity contribution in [2.75, 3.05) is 11.1 Å². The number of carbonyl (C=O) groups is 1. The van der Waals surface area contributed by atoms with Gasteiger partial charge >= 0.3 is 0 Å². The Morgan fingerprint density at radius 3 is 2.25 bits per heavy atom. The number of nitrogens with one attached hydrogen (secondary N) is 1. The second-order valence-corrected chi connectivity index (χ2v) is 10.7. The number of aromatic nitrogens is 1. The molecule has 0 atom stereocenters. The van der Waals surface area contributed by atoms with Crippen molar-refractivity contribution in [3.05, 3.63) is 102 Å². The lowest BCUT2D eigenvalue weighted by atomic mass is 9.86. The predicted octanol–water partition coefficient (Wildman–Crippen LogP) is 7.62. The molecule has 0 aliphatic heterocycles. The highest BCUT2D eigenvalue weighted by molar-refractivity contribution is 8.00. The number of para-hydroxylation sites is 1. The summed E-state index contributed by atoms with van der Waals surface area (Å²) in [5, 5.41) is 13.6. The van der Waals surface area contributed by atoms with Gasteiger partial charge in [0.25, 0.3) is 0 Å². The van der Waals surface area contributed by atoms with Crippen molar-refractivity contribution in [1.82, 2.24) is 4.98 Å². The minimum absolute atomic E-state index is 0.0372. The first kappa shape index (κ1) is 25.2. The summed E-state index contributed by atoms with van der Waals surface area (Å²) < 4.78 is 0. The Hall–Kier alpha value is -3.88. The van der Waals surface area contributed by atoms with E-state index in [4.69, 9.17) is 4.98 Å². The zero-order valence-corrected chi connectivity index (χ0v) is 21.8. The van der Waals surface area contributed by atoms with Gasteiger partial charge < -0.3 is 5.32 Å². The third kappa shape index (κ3) is 5.84. The van der Waals surface area contributed by atoms with Crippen molar-refractivity contribution >= 4 is 23.4 Å². The first-order valence-corrected chi connectivity index (χ1v) is 12.8. The van der Waals surface area contributed by atoms with Gasteiger partial charge in [-0.3, -0.25) is 4.79 Å². The molecule has 0 spiro atoms. The fourth-order valence-corrected chi connectivity index (χ4v) is 4.70. The Morgan fingerprint density at radius 2 is 1.61 bits per heavy atom. The molecule has 4 nitrogen and oxygen atoms in total. The Kier molecular flexibility index (Phi) is 7.57. The smallest absolute Gasteiger partial charge is 0.234 e. The molecule has 1 amide bonds. The van der Waals surface area contributed by atoms with E-state index in [2.05, 4.69) is 56.4 Å². The molecule has 0 aliphatic carbocycles. The third-order valence-corrected chi connectivity index (χ3v) is 6.96. The van der Waals surface area contributed by atoms with Gasteiger partial charge in [0.2, 0.25) is 5.91 Å². The molecule has 0 radical (unpaired) electrons.